The fourth-order valence-corrected chi connectivity index (χ4v) is 37.4. The molecule has 0 spiro atoms. The van der Waals surface area contributed by atoms with Crippen LogP contribution < -0.4 is 39.0 Å². The molecule has 4 aromatic rings. The van der Waals surface area contributed by atoms with Crippen molar-refractivity contribution in [3.8, 4) is 5.75 Å². The fourth-order valence-electron chi connectivity index (χ4n) is 10.6. The van der Waals surface area contributed by atoms with Gasteiger partial charge < -0.3 is 60.8 Å². The number of anilines is 3. The molecule has 9 heterocycles. The fraction of sp³-hybridized carbons (Fsp3) is 0.712. The molecule has 488 valence electrons. The number of nitrogen functional groups attached to an aromatic ring is 3. The molecule has 0 bridgehead atoms. The summed E-state index contributed by atoms with van der Waals surface area (Å²) >= 11 is 7.41. The van der Waals surface area contributed by atoms with E-state index in [2.05, 4.69) is 92.3 Å². The molecule has 0 saturated carbocycles. The normalized spacial score (nSPS) is 28.0. The highest BCUT2D eigenvalue weighted by atomic mass is 32.2. The van der Waals surface area contributed by atoms with Crippen LogP contribution in [0.2, 0.25) is 78.6 Å². The van der Waals surface area contributed by atoms with Crippen LogP contribution in [0.15, 0.2) is 57.6 Å². The highest BCUT2D eigenvalue weighted by molar-refractivity contribution is 8.17. The minimum atomic E-state index is -2.26. The summed E-state index contributed by atoms with van der Waals surface area (Å²) < 4.78 is 65.7. The third kappa shape index (κ3) is 23.7. The molecule has 6 aliphatic heterocycles. The topological polar surface area (TPSA) is 325 Å². The number of hydrogen-bond donors (Lipinski definition) is 4. The minimum absolute atomic E-state index is 0. The molecule has 6 saturated heterocycles. The highest BCUT2D eigenvalue weighted by Crippen LogP contribution is 2.48. The van der Waals surface area contributed by atoms with E-state index >= 15 is 0 Å². The predicted octanol–water partition coefficient (Wildman–Crippen LogP) is 8.83. The molecule has 6 aliphatic rings. The van der Waals surface area contributed by atoms with E-state index in [1.165, 1.54) is 59.5 Å². The first-order valence-corrected chi connectivity index (χ1v) is 50.1. The lowest BCUT2D eigenvalue weighted by atomic mass is 10.1. The molecule has 25 nitrogen and oxygen atoms in total. The molecule has 35 heteroatoms. The third-order valence-electron chi connectivity index (χ3n) is 13.9. The number of benzene rings is 1. The average Bonchev–Trinajstić information content (AvgIpc) is 1.94. The van der Waals surface area contributed by atoms with E-state index in [4.69, 9.17) is 60.8 Å². The first kappa shape index (κ1) is 73.2. The predicted molar refractivity (Wildman–Crippen MR) is 362 cm³/mol. The number of aromatic amines is 1. The van der Waals surface area contributed by atoms with Crippen molar-refractivity contribution in [3.05, 3.63) is 80.3 Å². The molecular weight excluding hydrogens is 1300 g/mol. The van der Waals surface area contributed by atoms with Gasteiger partial charge in [0.25, 0.3) is 0 Å². The van der Waals surface area contributed by atoms with Gasteiger partial charge in [0.05, 0.1) is 75.8 Å². The van der Waals surface area contributed by atoms with Gasteiger partial charge in [-0.25, -0.2) is 29.3 Å². The van der Waals surface area contributed by atoms with E-state index in [-0.39, 0.29) is 76.2 Å². The molecule has 7 N–H and O–H groups in total. The molecule has 10 rings (SSSR count). The number of rotatable bonds is 13. The summed E-state index contributed by atoms with van der Waals surface area (Å²) in [4.78, 5) is 58.4. The van der Waals surface area contributed by atoms with Gasteiger partial charge in [-0.1, -0.05) is 58.6 Å². The summed E-state index contributed by atoms with van der Waals surface area (Å²) in [5, 5.41) is 0.621. The van der Waals surface area contributed by atoms with Gasteiger partial charge >= 0.3 is 68.4 Å². The Morgan fingerprint density at radius 2 is 1.02 bits per heavy atom. The van der Waals surface area contributed by atoms with Crippen molar-refractivity contribution < 1.29 is 43.6 Å². The Bertz CT molecular complexity index is 2890. The maximum Gasteiger partial charge on any atom is 0.353 e. The first-order chi connectivity index (χ1) is 40.4. The summed E-state index contributed by atoms with van der Waals surface area (Å²) in [7, 11) is -13.1. The molecule has 1 aromatic carbocycles. The maximum atomic E-state index is 12.0. The molecule has 0 radical (unpaired) electrons. The first-order valence-electron chi connectivity index (χ1n) is 29.3. The molecule has 1 unspecified atom stereocenters. The van der Waals surface area contributed by atoms with Gasteiger partial charge in [0, 0.05) is 18.6 Å². The van der Waals surface area contributed by atoms with Crippen LogP contribution in [0.3, 0.4) is 0 Å². The average molecular weight is 1390 g/mol. The number of nitrogens with zero attached hydrogens (tertiary/aromatic N) is 8. The Morgan fingerprint density at radius 3 is 1.45 bits per heavy atom. The number of nitrogens with one attached hydrogen (secondary N) is 1. The van der Waals surface area contributed by atoms with Crippen molar-refractivity contribution in [1.29, 1.82) is 0 Å². The van der Waals surface area contributed by atoms with Crippen LogP contribution >= 0.6 is 47.0 Å². The number of aromatic nitrogens is 9. The van der Waals surface area contributed by atoms with Gasteiger partial charge in [-0.15, -0.1) is 47.0 Å². The maximum absolute atomic E-state index is 12.0. The number of nitrogens with two attached hydrogens (primary N) is 3. The lowest BCUT2D eigenvalue weighted by molar-refractivity contribution is 0.0919. The third-order valence-corrected chi connectivity index (χ3v) is 37.1. The zero-order valence-corrected chi connectivity index (χ0v) is 61.2. The Morgan fingerprint density at radius 1 is 0.586 bits per heavy atom. The molecule has 9 atom stereocenters. The van der Waals surface area contributed by atoms with Gasteiger partial charge in [-0.3, -0.25) is 14.1 Å². The van der Waals surface area contributed by atoms with E-state index in [1.807, 2.05) is 75.9 Å². The van der Waals surface area contributed by atoms with Crippen molar-refractivity contribution in [2.45, 2.75) is 206 Å². The van der Waals surface area contributed by atoms with Crippen molar-refractivity contribution in [3.63, 3.8) is 0 Å². The summed E-state index contributed by atoms with van der Waals surface area (Å²) in [6.45, 7) is 29.9. The second-order valence-electron chi connectivity index (χ2n) is 24.2. The van der Waals surface area contributed by atoms with E-state index in [9.17, 15) is 14.4 Å². The Balaban J connectivity index is 0.000000197. The van der Waals surface area contributed by atoms with Crippen molar-refractivity contribution in [2.75, 3.05) is 43.6 Å². The van der Waals surface area contributed by atoms with Crippen LogP contribution in [-0.2, 0) is 44.7 Å². The monoisotopic (exact) mass is 1390 g/mol. The number of ether oxygens (including phenoxy) is 1. The minimum Gasteiger partial charge on any atom is -0.494 e. The molecule has 0 aliphatic carbocycles. The largest absolute Gasteiger partial charge is 0.494 e. The molecule has 6 fully saturated rings. The van der Waals surface area contributed by atoms with Crippen LogP contribution in [0.1, 0.15) is 88.4 Å². The number of hydrogen-bond acceptors (Lipinski definition) is 26. The smallest absolute Gasteiger partial charge is 0.353 e. The number of unbranched alkanes of at least 4 members (excludes halogenated alkanes) is 5. The van der Waals surface area contributed by atoms with Crippen molar-refractivity contribution >= 4 is 116 Å². The van der Waals surface area contributed by atoms with Crippen LogP contribution in [-0.4, -0.2) is 160 Å². The standard InChI is InChI=1S/C24H42O4S2Si2.2C12H22N4O4SSi2.C3H4N4O.CH4/c1-6-7-8-9-10-11-16-25-21-14-12-20(13-15-21)19-29-24-17-22-23(30-24)18-26-31(2,3)28-32(4,5)27-22;2*1-22(2)18-6-9-8(19-23(3,4)20-22)5-10(21-9)16-7-14-11(13)15-12(16)17;4-2-5-1-6-3(8)7-2;/h12-15,22-24H,6-11,16-19H2,1-5H3;2*7-10H,5-6H2,1-4H3,(H2,13,15,17);1H,(H3,4,5,6,7,8);1H4/t22-,23+,24?;8-,9+,10+;8-,9+,10-;;/m000../s1. The summed E-state index contributed by atoms with van der Waals surface area (Å²) in [6.07, 6.45) is 14.5. The Kier molecular flexibility index (Phi) is 27.1. The van der Waals surface area contributed by atoms with E-state index in [1.54, 1.807) is 23.5 Å². The van der Waals surface area contributed by atoms with Crippen LogP contribution in [0.5, 0.6) is 5.75 Å². The van der Waals surface area contributed by atoms with Crippen molar-refractivity contribution in [1.82, 2.24) is 44.0 Å². The Labute approximate surface area is 535 Å². The van der Waals surface area contributed by atoms with E-state index in [0.717, 1.165) is 43.9 Å². The molecular formula is C52H94N12O13S4Si6. The highest BCUT2D eigenvalue weighted by Gasteiger charge is 2.50. The van der Waals surface area contributed by atoms with Gasteiger partial charge in [0.2, 0.25) is 17.8 Å². The lowest BCUT2D eigenvalue weighted by Crippen LogP contribution is -2.54. The quantitative estimate of drug-likeness (QED) is 0.0717. The summed E-state index contributed by atoms with van der Waals surface area (Å²) in [6, 6.07) is 8.67. The number of thioether (sulfide) groups is 4. The second kappa shape index (κ2) is 32.2. The lowest BCUT2D eigenvalue weighted by Gasteiger charge is -2.39. The van der Waals surface area contributed by atoms with Gasteiger partial charge in [0.1, 0.15) is 24.7 Å². The van der Waals surface area contributed by atoms with Crippen LogP contribution in [0.25, 0.3) is 0 Å². The SMILES string of the molecule is C.CCCCCCCCOc1ccc(CSC2C[C@@H]3O[Si](C)(C)O[Si](C)(C)OC[C@H]3S2)cc1.C[Si]1(C)OC[C@H]2S[C@@H](n3cnc(N)nc3=O)C[C@@H]2O[Si](C)(C)O1.C[Si]1(C)OC[C@H]2S[C@H](n3cnc(N)nc3=O)C[C@@H]2O[Si](C)(C)O1.Nc1ncnc(=O)[nH]1. The Hall–Kier alpha value is -2.81. The van der Waals surface area contributed by atoms with E-state index < -0.39 is 57.1 Å². The molecule has 0 amide bonds. The zero-order valence-electron chi connectivity index (χ0n) is 51.9. The van der Waals surface area contributed by atoms with Gasteiger partial charge in [-0.2, -0.15) is 15.0 Å². The van der Waals surface area contributed by atoms with Crippen LogP contribution in [0, 0.1) is 0 Å². The number of H-pyrrole nitrogens is 1. The van der Waals surface area contributed by atoms with E-state index in [0.29, 0.717) is 35.9 Å². The molecule has 3 aromatic heterocycles. The van der Waals surface area contributed by atoms with Gasteiger partial charge in [-0.05, 0) is 109 Å². The molecule has 87 heavy (non-hydrogen) atoms. The summed E-state index contributed by atoms with van der Waals surface area (Å²) in [5.41, 5.74) is 16.1. The summed E-state index contributed by atoms with van der Waals surface area (Å²) in [5.74, 6) is 2.09. The van der Waals surface area contributed by atoms with Gasteiger partial charge in [0.15, 0.2) is 0 Å². The van der Waals surface area contributed by atoms with Crippen LogP contribution in [0.4, 0.5) is 17.8 Å². The zero-order chi connectivity index (χ0) is 62.7. The number of fused-ring (bicyclic) bond motifs is 3. The second-order valence-corrected chi connectivity index (χ2v) is 50.8. The van der Waals surface area contributed by atoms with Crippen molar-refractivity contribution in [2.24, 2.45) is 0 Å².